The number of aromatic nitrogens is 3. The first-order valence-corrected chi connectivity index (χ1v) is 11.1. The van der Waals surface area contributed by atoms with Gasteiger partial charge in [-0.1, -0.05) is 17.3 Å². The maximum atomic E-state index is 12.4. The zero-order valence-electron chi connectivity index (χ0n) is 19.0. The third-order valence-corrected chi connectivity index (χ3v) is 6.08. The monoisotopic (exact) mass is 437 g/mol. The van der Waals surface area contributed by atoms with Crippen LogP contribution in [-0.2, 0) is 11.2 Å². The van der Waals surface area contributed by atoms with Crippen LogP contribution in [-0.4, -0.2) is 66.2 Å². The Balaban J connectivity index is 1.22. The van der Waals surface area contributed by atoms with Crippen molar-refractivity contribution in [3.05, 3.63) is 47.5 Å². The summed E-state index contributed by atoms with van der Waals surface area (Å²) in [6.45, 7) is 4.84. The molecule has 0 spiro atoms. The Morgan fingerprint density at radius 1 is 1.09 bits per heavy atom. The Labute approximate surface area is 188 Å². The number of likely N-dealkylation sites (tertiary alicyclic amines) is 1. The van der Waals surface area contributed by atoms with Crippen LogP contribution in [0.3, 0.4) is 0 Å². The molecule has 32 heavy (non-hydrogen) atoms. The van der Waals surface area contributed by atoms with Gasteiger partial charge in [0.1, 0.15) is 5.52 Å². The molecule has 0 aliphatic carbocycles. The van der Waals surface area contributed by atoms with Crippen LogP contribution in [0.15, 0.2) is 36.4 Å². The molecule has 1 N–H and O–H groups in total. The van der Waals surface area contributed by atoms with Gasteiger partial charge in [-0.25, -0.2) is 4.68 Å². The van der Waals surface area contributed by atoms with Crippen molar-refractivity contribution >= 4 is 16.9 Å². The van der Waals surface area contributed by atoms with E-state index in [1.165, 1.54) is 5.56 Å². The lowest BCUT2D eigenvalue weighted by Crippen LogP contribution is -2.42. The fraction of sp³-hybridized carbons (Fsp3) is 0.458. The van der Waals surface area contributed by atoms with Crippen molar-refractivity contribution in [3.63, 3.8) is 0 Å². The molecule has 3 aromatic rings. The van der Waals surface area contributed by atoms with Crippen molar-refractivity contribution in [2.75, 3.05) is 40.4 Å². The van der Waals surface area contributed by atoms with Gasteiger partial charge in [0.2, 0.25) is 5.91 Å². The van der Waals surface area contributed by atoms with E-state index < -0.39 is 0 Å². The van der Waals surface area contributed by atoms with Gasteiger partial charge in [-0.15, -0.1) is 5.10 Å². The van der Waals surface area contributed by atoms with Crippen molar-refractivity contribution in [2.45, 2.75) is 32.2 Å². The fourth-order valence-electron chi connectivity index (χ4n) is 4.28. The van der Waals surface area contributed by atoms with Crippen LogP contribution in [0.5, 0.6) is 11.5 Å². The molecule has 2 aromatic carbocycles. The van der Waals surface area contributed by atoms with Crippen LogP contribution in [0.2, 0.25) is 0 Å². The summed E-state index contributed by atoms with van der Waals surface area (Å²) in [4.78, 5) is 14.6. The summed E-state index contributed by atoms with van der Waals surface area (Å²) in [6.07, 6.45) is 2.67. The van der Waals surface area contributed by atoms with Gasteiger partial charge in [0, 0.05) is 19.6 Å². The fourth-order valence-corrected chi connectivity index (χ4v) is 4.28. The van der Waals surface area contributed by atoms with Gasteiger partial charge in [0.25, 0.3) is 0 Å². The predicted molar refractivity (Wildman–Crippen MR) is 123 cm³/mol. The van der Waals surface area contributed by atoms with Crippen LogP contribution >= 0.6 is 0 Å². The average Bonchev–Trinajstić information content (AvgIpc) is 3.22. The molecule has 1 aliphatic rings. The van der Waals surface area contributed by atoms with Crippen LogP contribution in [0, 0.1) is 6.92 Å². The van der Waals surface area contributed by atoms with Gasteiger partial charge in [-0.3, -0.25) is 9.69 Å². The molecule has 0 radical (unpaired) electrons. The highest BCUT2D eigenvalue weighted by molar-refractivity contribution is 5.78. The molecule has 4 rings (SSSR count). The lowest BCUT2D eigenvalue weighted by atomic mass is 10.0. The predicted octanol–water partition coefficient (Wildman–Crippen LogP) is 2.75. The summed E-state index contributed by atoms with van der Waals surface area (Å²) in [7, 11) is 3.24. The van der Waals surface area contributed by atoms with Gasteiger partial charge < -0.3 is 14.8 Å². The van der Waals surface area contributed by atoms with E-state index in [1.54, 1.807) is 14.2 Å². The molecule has 1 aromatic heterocycles. The van der Waals surface area contributed by atoms with E-state index in [2.05, 4.69) is 50.3 Å². The molecule has 1 fully saturated rings. The first-order valence-electron chi connectivity index (χ1n) is 11.1. The van der Waals surface area contributed by atoms with Crippen molar-refractivity contribution in [1.29, 1.82) is 0 Å². The third-order valence-electron chi connectivity index (χ3n) is 6.08. The summed E-state index contributed by atoms with van der Waals surface area (Å²) in [5.74, 6) is 1.47. The number of nitrogens with one attached hydrogen (secondary N) is 1. The molecule has 8 heteroatoms. The van der Waals surface area contributed by atoms with Crippen molar-refractivity contribution < 1.29 is 14.3 Å². The quantitative estimate of drug-likeness (QED) is 0.584. The Morgan fingerprint density at radius 2 is 1.88 bits per heavy atom. The van der Waals surface area contributed by atoms with Crippen molar-refractivity contribution in [3.8, 4) is 11.5 Å². The molecule has 1 saturated heterocycles. The maximum Gasteiger partial charge on any atom is 0.234 e. The Hall–Kier alpha value is -3.13. The lowest BCUT2D eigenvalue weighted by Gasteiger charge is -2.31. The molecule has 0 unspecified atom stereocenters. The van der Waals surface area contributed by atoms with E-state index >= 15 is 0 Å². The molecule has 0 atom stereocenters. The first kappa shape index (κ1) is 22.1. The highest BCUT2D eigenvalue weighted by atomic mass is 16.5. The topological polar surface area (TPSA) is 81.5 Å². The molecule has 0 saturated carbocycles. The smallest absolute Gasteiger partial charge is 0.234 e. The number of amides is 1. The number of hydrogen-bond donors (Lipinski definition) is 1. The molecule has 2 heterocycles. The molecular weight excluding hydrogens is 406 g/mol. The summed E-state index contributed by atoms with van der Waals surface area (Å²) < 4.78 is 12.7. The highest BCUT2D eigenvalue weighted by Crippen LogP contribution is 2.28. The molecular formula is C24H31N5O3. The van der Waals surface area contributed by atoms with Crippen molar-refractivity contribution in [1.82, 2.24) is 25.2 Å². The number of benzene rings is 2. The van der Waals surface area contributed by atoms with Gasteiger partial charge in [0.15, 0.2) is 11.5 Å². The highest BCUT2D eigenvalue weighted by Gasteiger charge is 2.24. The van der Waals surface area contributed by atoms with E-state index in [1.807, 2.05) is 18.2 Å². The van der Waals surface area contributed by atoms with Gasteiger partial charge in [0.05, 0.1) is 32.3 Å². The Kier molecular flexibility index (Phi) is 6.90. The number of nitrogens with zero attached hydrogens (tertiary/aromatic N) is 4. The van der Waals surface area contributed by atoms with E-state index in [0.29, 0.717) is 30.6 Å². The Morgan fingerprint density at radius 3 is 2.62 bits per heavy atom. The second-order valence-corrected chi connectivity index (χ2v) is 8.32. The van der Waals surface area contributed by atoms with Crippen LogP contribution in [0.4, 0.5) is 0 Å². The largest absolute Gasteiger partial charge is 0.493 e. The molecule has 1 aliphatic heterocycles. The molecule has 170 valence electrons. The normalized spacial score (nSPS) is 15.1. The summed E-state index contributed by atoms with van der Waals surface area (Å²) in [5.41, 5.74) is 4.32. The van der Waals surface area contributed by atoms with Gasteiger partial charge in [-0.05, 0) is 61.6 Å². The van der Waals surface area contributed by atoms with E-state index in [-0.39, 0.29) is 5.91 Å². The van der Waals surface area contributed by atoms with Crippen LogP contribution < -0.4 is 14.8 Å². The minimum absolute atomic E-state index is 0.0607. The number of fused-ring (bicyclic) bond motifs is 1. The summed E-state index contributed by atoms with van der Waals surface area (Å²) >= 11 is 0. The zero-order chi connectivity index (χ0) is 22.5. The van der Waals surface area contributed by atoms with E-state index in [4.69, 9.17) is 9.47 Å². The van der Waals surface area contributed by atoms with Gasteiger partial charge >= 0.3 is 0 Å². The number of carbonyl (C=O) groups is 1. The third kappa shape index (κ3) is 5.02. The van der Waals surface area contributed by atoms with Crippen LogP contribution in [0.1, 0.15) is 30.0 Å². The summed E-state index contributed by atoms with van der Waals surface area (Å²) in [5, 5.41) is 11.7. The van der Waals surface area contributed by atoms with E-state index in [0.717, 1.165) is 48.9 Å². The SMILES string of the molecule is COc1ccc(CCNC(=O)CN2CCC(n3nnc4cc(C)ccc43)CC2)cc1OC. The van der Waals surface area contributed by atoms with E-state index in [9.17, 15) is 4.79 Å². The number of methoxy groups -OCH3 is 2. The molecule has 8 nitrogen and oxygen atoms in total. The summed E-state index contributed by atoms with van der Waals surface area (Å²) in [6, 6.07) is 12.4. The number of piperidine rings is 1. The number of hydrogen-bond acceptors (Lipinski definition) is 6. The lowest BCUT2D eigenvalue weighted by molar-refractivity contribution is -0.122. The minimum atomic E-state index is 0.0607. The van der Waals surface area contributed by atoms with Gasteiger partial charge in [-0.2, -0.15) is 0 Å². The first-order chi connectivity index (χ1) is 15.6. The standard InChI is InChI=1S/C24H31N5O3/c1-17-4-6-21-20(14-17)26-27-29(21)19-9-12-28(13-10-19)16-24(30)25-11-8-18-5-7-22(31-2)23(15-18)32-3/h4-7,14-15,19H,8-13,16H2,1-3H3,(H,25,30). The average molecular weight is 438 g/mol. The number of rotatable bonds is 8. The molecule has 1 amide bonds. The van der Waals surface area contributed by atoms with Crippen LogP contribution in [0.25, 0.3) is 11.0 Å². The minimum Gasteiger partial charge on any atom is -0.493 e. The van der Waals surface area contributed by atoms with Crippen molar-refractivity contribution in [2.24, 2.45) is 0 Å². The number of ether oxygens (including phenoxy) is 2. The second kappa shape index (κ2) is 9.99. The second-order valence-electron chi connectivity index (χ2n) is 8.32. The Bertz CT molecular complexity index is 1070. The molecule has 0 bridgehead atoms. The number of carbonyl (C=O) groups excluding carboxylic acids is 1. The maximum absolute atomic E-state index is 12.4. The number of aryl methyl sites for hydroxylation is 1. The zero-order valence-corrected chi connectivity index (χ0v) is 19.0.